The van der Waals surface area contributed by atoms with Gasteiger partial charge in [-0.3, -0.25) is 0 Å². The Morgan fingerprint density at radius 1 is 1.29 bits per heavy atom. The fraction of sp³-hybridized carbons (Fsp3) is 0.133. The molecule has 0 atom stereocenters. The maximum atomic E-state index is 11.0. The molecule has 0 radical (unpaired) electrons. The Morgan fingerprint density at radius 3 is 2.71 bits per heavy atom. The zero-order chi connectivity index (χ0) is 15.4. The van der Waals surface area contributed by atoms with Gasteiger partial charge in [-0.15, -0.1) is 0 Å². The van der Waals surface area contributed by atoms with Crippen LogP contribution >= 0.6 is 27.5 Å². The summed E-state index contributed by atoms with van der Waals surface area (Å²) in [6, 6.07) is 10.1. The number of carboxylic acids is 1. The normalized spacial score (nSPS) is 10.2. The summed E-state index contributed by atoms with van der Waals surface area (Å²) >= 11 is 9.20. The Morgan fingerprint density at radius 2 is 2.05 bits per heavy atom. The van der Waals surface area contributed by atoms with Crippen molar-refractivity contribution in [3.63, 3.8) is 0 Å². The molecule has 0 saturated carbocycles. The zero-order valence-corrected chi connectivity index (χ0v) is 13.4. The first kappa shape index (κ1) is 15.7. The molecule has 0 bridgehead atoms. The van der Waals surface area contributed by atoms with Crippen LogP contribution in [0.1, 0.15) is 15.9 Å². The maximum Gasteiger partial charge on any atom is 0.337 e. The van der Waals surface area contributed by atoms with Crippen molar-refractivity contribution in [1.29, 1.82) is 0 Å². The Hall–Kier alpha value is -1.72. The highest BCUT2D eigenvalue weighted by Gasteiger charge is 2.11. The minimum Gasteiger partial charge on any atom is -0.496 e. The molecule has 2 rings (SSSR count). The van der Waals surface area contributed by atoms with Crippen LogP contribution in [0.5, 0.6) is 11.5 Å². The van der Waals surface area contributed by atoms with Crippen molar-refractivity contribution in [2.24, 2.45) is 0 Å². The van der Waals surface area contributed by atoms with Crippen molar-refractivity contribution in [2.75, 3.05) is 7.11 Å². The average Bonchev–Trinajstić information content (AvgIpc) is 2.46. The zero-order valence-electron chi connectivity index (χ0n) is 11.1. The van der Waals surface area contributed by atoms with Gasteiger partial charge in [-0.2, -0.15) is 0 Å². The number of aromatic carboxylic acids is 1. The molecule has 2 aromatic carbocycles. The van der Waals surface area contributed by atoms with Gasteiger partial charge in [-0.25, -0.2) is 4.79 Å². The van der Waals surface area contributed by atoms with E-state index in [-0.39, 0.29) is 17.2 Å². The number of rotatable bonds is 5. The third-order valence-electron chi connectivity index (χ3n) is 2.81. The molecule has 110 valence electrons. The number of ether oxygens (including phenoxy) is 2. The minimum absolute atomic E-state index is 0.00961. The molecule has 2 aromatic rings. The van der Waals surface area contributed by atoms with E-state index >= 15 is 0 Å². The molecule has 0 heterocycles. The first-order valence-corrected chi connectivity index (χ1v) is 7.16. The van der Waals surface area contributed by atoms with Crippen LogP contribution in [0.25, 0.3) is 0 Å². The molecule has 0 aliphatic carbocycles. The number of methoxy groups -OCH3 is 1. The Kier molecular flexibility index (Phi) is 5.09. The fourth-order valence-corrected chi connectivity index (χ4v) is 2.39. The maximum absolute atomic E-state index is 11.0. The second-order valence-corrected chi connectivity index (χ2v) is 5.51. The lowest BCUT2D eigenvalue weighted by Crippen LogP contribution is -2.01. The van der Waals surface area contributed by atoms with Gasteiger partial charge in [0.1, 0.15) is 18.1 Å². The smallest absolute Gasteiger partial charge is 0.337 e. The summed E-state index contributed by atoms with van der Waals surface area (Å²) in [5.74, 6) is 0.0370. The van der Waals surface area contributed by atoms with Crippen molar-refractivity contribution in [3.8, 4) is 11.5 Å². The average molecular weight is 372 g/mol. The standard InChI is InChI=1S/C15H12BrClO4/c1-20-14-5-2-10(16)6-9(14)8-21-11-3-4-13(17)12(7-11)15(18)19/h2-7H,8H2,1H3,(H,18,19). The van der Waals surface area contributed by atoms with Gasteiger partial charge in [0.05, 0.1) is 17.7 Å². The van der Waals surface area contributed by atoms with Gasteiger partial charge in [-0.05, 0) is 36.4 Å². The van der Waals surface area contributed by atoms with Gasteiger partial charge in [0.25, 0.3) is 0 Å². The van der Waals surface area contributed by atoms with E-state index < -0.39 is 5.97 Å². The molecule has 0 amide bonds. The molecule has 0 unspecified atom stereocenters. The molecular formula is C15H12BrClO4. The number of carboxylic acid groups (broad SMARTS) is 1. The molecule has 0 fully saturated rings. The van der Waals surface area contributed by atoms with Gasteiger partial charge >= 0.3 is 5.97 Å². The van der Waals surface area contributed by atoms with Gasteiger partial charge in [0, 0.05) is 10.0 Å². The minimum atomic E-state index is -1.09. The van der Waals surface area contributed by atoms with Crippen LogP contribution in [0.2, 0.25) is 5.02 Å². The van der Waals surface area contributed by atoms with Crippen LogP contribution in [0.4, 0.5) is 0 Å². The summed E-state index contributed by atoms with van der Waals surface area (Å²) in [6.07, 6.45) is 0. The third-order valence-corrected chi connectivity index (χ3v) is 3.63. The van der Waals surface area contributed by atoms with Gasteiger partial charge in [-0.1, -0.05) is 27.5 Å². The second-order valence-electron chi connectivity index (χ2n) is 4.19. The molecule has 0 aromatic heterocycles. The van der Waals surface area contributed by atoms with Crippen LogP contribution in [0.15, 0.2) is 40.9 Å². The predicted octanol–water partition coefficient (Wildman–Crippen LogP) is 4.39. The first-order valence-electron chi connectivity index (χ1n) is 5.99. The highest BCUT2D eigenvalue weighted by atomic mass is 79.9. The van der Waals surface area contributed by atoms with Crippen LogP contribution in [-0.4, -0.2) is 18.2 Å². The topological polar surface area (TPSA) is 55.8 Å². The summed E-state index contributed by atoms with van der Waals surface area (Å²) in [5.41, 5.74) is 0.856. The van der Waals surface area contributed by atoms with Gasteiger partial charge in [0.15, 0.2) is 0 Å². The Labute approximate surface area is 135 Å². The number of hydrogen-bond donors (Lipinski definition) is 1. The quantitative estimate of drug-likeness (QED) is 0.847. The Balaban J connectivity index is 2.19. The van der Waals surface area contributed by atoms with E-state index in [1.807, 2.05) is 18.2 Å². The lowest BCUT2D eigenvalue weighted by atomic mass is 10.2. The molecule has 0 saturated heterocycles. The van der Waals surface area contributed by atoms with Crippen LogP contribution in [0, 0.1) is 0 Å². The monoisotopic (exact) mass is 370 g/mol. The summed E-state index contributed by atoms with van der Waals surface area (Å²) < 4.78 is 11.8. The van der Waals surface area contributed by atoms with Gasteiger partial charge < -0.3 is 14.6 Å². The van der Waals surface area contributed by atoms with Crippen molar-refractivity contribution in [1.82, 2.24) is 0 Å². The summed E-state index contributed by atoms with van der Waals surface area (Å²) in [7, 11) is 1.58. The summed E-state index contributed by atoms with van der Waals surface area (Å²) in [6.45, 7) is 0.253. The highest BCUT2D eigenvalue weighted by molar-refractivity contribution is 9.10. The first-order chi connectivity index (χ1) is 10.0. The van der Waals surface area contributed by atoms with Crippen molar-refractivity contribution in [2.45, 2.75) is 6.61 Å². The van der Waals surface area contributed by atoms with E-state index in [0.717, 1.165) is 10.0 Å². The van der Waals surface area contributed by atoms with Crippen molar-refractivity contribution < 1.29 is 19.4 Å². The van der Waals surface area contributed by atoms with E-state index in [9.17, 15) is 4.79 Å². The number of halogens is 2. The van der Waals surface area contributed by atoms with Gasteiger partial charge in [0.2, 0.25) is 0 Å². The van der Waals surface area contributed by atoms with Crippen molar-refractivity contribution >= 4 is 33.5 Å². The van der Waals surface area contributed by atoms with E-state index in [1.165, 1.54) is 12.1 Å². The van der Waals surface area contributed by atoms with E-state index in [4.69, 9.17) is 26.2 Å². The summed E-state index contributed by atoms with van der Waals surface area (Å²) in [5, 5.41) is 9.20. The fourth-order valence-electron chi connectivity index (χ4n) is 1.78. The SMILES string of the molecule is COc1ccc(Br)cc1COc1ccc(Cl)c(C(=O)O)c1. The molecule has 21 heavy (non-hydrogen) atoms. The lowest BCUT2D eigenvalue weighted by Gasteiger charge is -2.11. The molecule has 0 spiro atoms. The number of carbonyl (C=O) groups is 1. The number of hydrogen-bond acceptors (Lipinski definition) is 3. The van der Waals surface area contributed by atoms with Crippen molar-refractivity contribution in [3.05, 3.63) is 57.0 Å². The highest BCUT2D eigenvalue weighted by Crippen LogP contribution is 2.26. The second kappa shape index (κ2) is 6.83. The van der Waals surface area contributed by atoms with Crippen LogP contribution in [-0.2, 0) is 6.61 Å². The van der Waals surface area contributed by atoms with Crippen LogP contribution in [0.3, 0.4) is 0 Å². The molecular weight excluding hydrogens is 360 g/mol. The number of benzene rings is 2. The Bertz CT molecular complexity index is 673. The largest absolute Gasteiger partial charge is 0.496 e. The molecule has 6 heteroatoms. The summed E-state index contributed by atoms with van der Waals surface area (Å²) in [4.78, 5) is 11.0. The molecule has 0 aliphatic rings. The third kappa shape index (κ3) is 3.89. The molecule has 4 nitrogen and oxygen atoms in total. The van der Waals surface area contributed by atoms with E-state index in [1.54, 1.807) is 13.2 Å². The molecule has 1 N–H and O–H groups in total. The predicted molar refractivity (Wildman–Crippen MR) is 83.4 cm³/mol. The van der Waals surface area contributed by atoms with Crippen LogP contribution < -0.4 is 9.47 Å². The lowest BCUT2D eigenvalue weighted by molar-refractivity contribution is 0.0696. The molecule has 0 aliphatic heterocycles. The van der Waals surface area contributed by atoms with E-state index in [2.05, 4.69) is 15.9 Å². The van der Waals surface area contributed by atoms with E-state index in [0.29, 0.717) is 11.5 Å².